The van der Waals surface area contributed by atoms with Gasteiger partial charge < -0.3 is 4.74 Å². The molecule has 1 aromatic heterocycles. The second kappa shape index (κ2) is 7.25. The van der Waals surface area contributed by atoms with Crippen LogP contribution in [0.1, 0.15) is 36.6 Å². The average molecular weight is 393 g/mol. The minimum absolute atomic E-state index is 0.0587. The van der Waals surface area contributed by atoms with Crippen molar-refractivity contribution in [1.29, 1.82) is 0 Å². The third-order valence-corrected chi connectivity index (χ3v) is 4.54. The summed E-state index contributed by atoms with van der Waals surface area (Å²) in [6.07, 6.45) is 1.53. The standard InChI is InChI=1S/C21H13ClN2O4/c22-18-10-5-13(11-23-18)12-28-21(27)14-6-8-15(9-7-14)24-19(25)16-3-1-2-4-17(16)20(24)26/h1-11H,12H2. The predicted molar refractivity (Wildman–Crippen MR) is 102 cm³/mol. The van der Waals surface area contributed by atoms with Gasteiger partial charge >= 0.3 is 5.97 Å². The molecule has 0 unspecified atom stereocenters. The number of anilines is 1. The van der Waals surface area contributed by atoms with Crippen LogP contribution in [0.3, 0.4) is 0 Å². The van der Waals surface area contributed by atoms with Crippen LogP contribution in [-0.2, 0) is 11.3 Å². The van der Waals surface area contributed by atoms with Crippen LogP contribution < -0.4 is 4.90 Å². The SMILES string of the molecule is O=C(OCc1ccc(Cl)nc1)c1ccc(N2C(=O)c3ccccc3C2=O)cc1. The number of amides is 2. The van der Waals surface area contributed by atoms with Crippen LogP contribution >= 0.6 is 11.6 Å². The number of imide groups is 1. The van der Waals surface area contributed by atoms with Crippen LogP contribution in [0.2, 0.25) is 5.15 Å². The Morgan fingerprint density at radius 1 is 0.929 bits per heavy atom. The van der Waals surface area contributed by atoms with Crippen LogP contribution in [-0.4, -0.2) is 22.8 Å². The van der Waals surface area contributed by atoms with Crippen molar-refractivity contribution in [2.75, 3.05) is 4.90 Å². The molecule has 138 valence electrons. The summed E-state index contributed by atoms with van der Waals surface area (Å²) >= 11 is 5.72. The number of rotatable bonds is 4. The zero-order chi connectivity index (χ0) is 19.7. The summed E-state index contributed by atoms with van der Waals surface area (Å²) in [5, 5.41) is 0.360. The number of pyridine rings is 1. The molecule has 2 heterocycles. The topological polar surface area (TPSA) is 76.6 Å². The van der Waals surface area contributed by atoms with E-state index in [2.05, 4.69) is 4.98 Å². The molecule has 2 aromatic carbocycles. The van der Waals surface area contributed by atoms with Crippen LogP contribution in [0.5, 0.6) is 0 Å². The molecule has 0 aliphatic carbocycles. The Bertz CT molecular complexity index is 1040. The van der Waals surface area contributed by atoms with E-state index < -0.39 is 5.97 Å². The van der Waals surface area contributed by atoms with Crippen molar-refractivity contribution in [3.05, 3.63) is 94.3 Å². The number of fused-ring (bicyclic) bond motifs is 1. The van der Waals surface area contributed by atoms with Gasteiger partial charge in [-0.3, -0.25) is 9.59 Å². The summed E-state index contributed by atoms with van der Waals surface area (Å²) in [6, 6.07) is 16.1. The molecular formula is C21H13ClN2O4. The first-order valence-electron chi connectivity index (χ1n) is 8.40. The van der Waals surface area contributed by atoms with Gasteiger partial charge in [-0.05, 0) is 42.5 Å². The number of esters is 1. The highest BCUT2D eigenvalue weighted by molar-refractivity contribution is 6.34. The van der Waals surface area contributed by atoms with Crippen molar-refractivity contribution in [2.45, 2.75) is 6.61 Å². The smallest absolute Gasteiger partial charge is 0.338 e. The zero-order valence-corrected chi connectivity index (χ0v) is 15.2. The van der Waals surface area contributed by atoms with E-state index in [0.717, 1.165) is 4.90 Å². The highest BCUT2D eigenvalue weighted by atomic mass is 35.5. The Kier molecular flexibility index (Phi) is 4.63. The maximum absolute atomic E-state index is 12.5. The van der Waals surface area contributed by atoms with Gasteiger partial charge in [-0.2, -0.15) is 0 Å². The number of aromatic nitrogens is 1. The van der Waals surface area contributed by atoms with Gasteiger partial charge in [0.2, 0.25) is 0 Å². The predicted octanol–water partition coefficient (Wildman–Crippen LogP) is 3.89. The molecule has 0 bridgehead atoms. The van der Waals surface area contributed by atoms with E-state index in [1.54, 1.807) is 48.5 Å². The average Bonchev–Trinajstić information content (AvgIpc) is 2.98. The molecule has 0 saturated heterocycles. The van der Waals surface area contributed by atoms with Crippen LogP contribution in [0.4, 0.5) is 5.69 Å². The Morgan fingerprint density at radius 3 is 2.14 bits per heavy atom. The van der Waals surface area contributed by atoms with Crippen molar-refractivity contribution in [3.63, 3.8) is 0 Å². The van der Waals surface area contributed by atoms with Gasteiger partial charge in [0.15, 0.2) is 0 Å². The molecule has 0 fully saturated rings. The Hall–Kier alpha value is -3.51. The van der Waals surface area contributed by atoms with Gasteiger partial charge in [-0.15, -0.1) is 0 Å². The van der Waals surface area contributed by atoms with Gasteiger partial charge in [0.05, 0.1) is 22.4 Å². The third-order valence-electron chi connectivity index (χ3n) is 4.31. The molecule has 7 heteroatoms. The summed E-state index contributed by atoms with van der Waals surface area (Å²) in [6.45, 7) is 0.0587. The summed E-state index contributed by atoms with van der Waals surface area (Å²) in [5.41, 5.74) is 2.15. The molecule has 0 spiro atoms. The second-order valence-electron chi connectivity index (χ2n) is 6.10. The fraction of sp³-hybridized carbons (Fsp3) is 0.0476. The van der Waals surface area contributed by atoms with Crippen molar-refractivity contribution < 1.29 is 19.1 Å². The largest absolute Gasteiger partial charge is 0.457 e. The normalized spacial score (nSPS) is 12.8. The van der Waals surface area contributed by atoms with Crippen molar-refractivity contribution in [1.82, 2.24) is 4.98 Å². The summed E-state index contributed by atoms with van der Waals surface area (Å²) in [5.74, 6) is -1.29. The molecule has 0 N–H and O–H groups in total. The molecule has 1 aliphatic rings. The number of carbonyl (C=O) groups excluding carboxylic acids is 3. The van der Waals surface area contributed by atoms with Crippen molar-refractivity contribution in [3.8, 4) is 0 Å². The lowest BCUT2D eigenvalue weighted by Crippen LogP contribution is -2.29. The number of benzene rings is 2. The first-order valence-corrected chi connectivity index (χ1v) is 8.78. The molecule has 6 nitrogen and oxygen atoms in total. The monoisotopic (exact) mass is 392 g/mol. The number of carbonyl (C=O) groups is 3. The van der Waals surface area contributed by atoms with Crippen molar-refractivity contribution >= 4 is 35.1 Å². The number of ether oxygens (including phenoxy) is 1. The highest BCUT2D eigenvalue weighted by Crippen LogP contribution is 2.28. The third kappa shape index (κ3) is 3.25. The lowest BCUT2D eigenvalue weighted by Gasteiger charge is -2.14. The zero-order valence-electron chi connectivity index (χ0n) is 14.5. The van der Waals surface area contributed by atoms with E-state index in [4.69, 9.17) is 16.3 Å². The van der Waals surface area contributed by atoms with Gasteiger partial charge in [0.1, 0.15) is 11.8 Å². The molecule has 1 aliphatic heterocycles. The maximum Gasteiger partial charge on any atom is 0.338 e. The first kappa shape index (κ1) is 17.9. The Morgan fingerprint density at radius 2 is 1.57 bits per heavy atom. The number of hydrogen-bond donors (Lipinski definition) is 0. The fourth-order valence-electron chi connectivity index (χ4n) is 2.89. The molecule has 0 atom stereocenters. The summed E-state index contributed by atoms with van der Waals surface area (Å²) in [4.78, 5) is 42.2. The highest BCUT2D eigenvalue weighted by Gasteiger charge is 2.36. The molecule has 4 rings (SSSR count). The van der Waals surface area contributed by atoms with Crippen molar-refractivity contribution in [2.24, 2.45) is 0 Å². The van der Waals surface area contributed by atoms with E-state index >= 15 is 0 Å². The number of hydrogen-bond acceptors (Lipinski definition) is 5. The van der Waals surface area contributed by atoms with E-state index in [1.165, 1.54) is 18.3 Å². The molecule has 0 radical (unpaired) electrons. The van der Waals surface area contributed by atoms with Gasteiger partial charge in [0, 0.05) is 11.8 Å². The summed E-state index contributed by atoms with van der Waals surface area (Å²) in [7, 11) is 0. The number of nitrogens with zero attached hydrogens (tertiary/aromatic N) is 2. The molecule has 3 aromatic rings. The molecule has 2 amide bonds. The summed E-state index contributed by atoms with van der Waals surface area (Å²) < 4.78 is 5.24. The minimum atomic E-state index is -0.524. The first-order chi connectivity index (χ1) is 13.5. The van der Waals surface area contributed by atoms with Gasteiger partial charge in [0.25, 0.3) is 11.8 Å². The van der Waals surface area contributed by atoms with E-state index in [1.807, 2.05) is 0 Å². The lowest BCUT2D eigenvalue weighted by atomic mass is 10.1. The van der Waals surface area contributed by atoms with Crippen LogP contribution in [0.15, 0.2) is 66.9 Å². The molecular weight excluding hydrogens is 380 g/mol. The number of halogens is 1. The van der Waals surface area contributed by atoms with Gasteiger partial charge in [-0.1, -0.05) is 29.8 Å². The lowest BCUT2D eigenvalue weighted by molar-refractivity contribution is 0.0472. The van der Waals surface area contributed by atoms with Crippen LogP contribution in [0, 0.1) is 0 Å². The second-order valence-corrected chi connectivity index (χ2v) is 6.49. The molecule has 28 heavy (non-hydrogen) atoms. The minimum Gasteiger partial charge on any atom is -0.457 e. The molecule has 0 saturated carbocycles. The maximum atomic E-state index is 12.5. The Labute approximate surface area is 165 Å². The van der Waals surface area contributed by atoms with Gasteiger partial charge in [-0.25, -0.2) is 14.7 Å². The van der Waals surface area contributed by atoms with E-state index in [-0.39, 0.29) is 18.4 Å². The van der Waals surface area contributed by atoms with Crippen LogP contribution in [0.25, 0.3) is 0 Å². The van der Waals surface area contributed by atoms with E-state index in [9.17, 15) is 14.4 Å². The Balaban J connectivity index is 1.47. The fourth-order valence-corrected chi connectivity index (χ4v) is 3.01. The van der Waals surface area contributed by atoms with E-state index in [0.29, 0.717) is 33.1 Å². The quantitative estimate of drug-likeness (QED) is 0.382.